The van der Waals surface area contributed by atoms with E-state index < -0.39 is 0 Å². The third-order valence-electron chi connectivity index (χ3n) is 4.51. The molecule has 0 radical (unpaired) electrons. The Kier molecular flexibility index (Phi) is 5.28. The predicted molar refractivity (Wildman–Crippen MR) is 114 cm³/mol. The fourth-order valence-electron chi connectivity index (χ4n) is 3.16. The molecule has 152 valence electrons. The van der Waals surface area contributed by atoms with E-state index in [1.807, 2.05) is 38.1 Å². The lowest BCUT2D eigenvalue weighted by atomic mass is 10.1. The van der Waals surface area contributed by atoms with Crippen LogP contribution in [-0.2, 0) is 11.3 Å². The minimum atomic E-state index is -0.341. The molecule has 4 rings (SSSR count). The van der Waals surface area contributed by atoms with Crippen LogP contribution in [0.2, 0.25) is 0 Å². The van der Waals surface area contributed by atoms with Gasteiger partial charge < -0.3 is 5.32 Å². The molecule has 0 aliphatic heterocycles. The molecule has 0 saturated heterocycles. The van der Waals surface area contributed by atoms with Gasteiger partial charge in [0.25, 0.3) is 0 Å². The average molecular weight is 422 g/mol. The van der Waals surface area contributed by atoms with Crippen molar-refractivity contribution in [2.75, 3.05) is 5.32 Å². The predicted octanol–water partition coefficient (Wildman–Crippen LogP) is 4.19. The summed E-state index contributed by atoms with van der Waals surface area (Å²) in [6.45, 7) is 3.78. The quantitative estimate of drug-likeness (QED) is 0.473. The Balaban J connectivity index is 1.59. The molecule has 0 aliphatic rings. The molecular formula is C21H19FN6OS. The number of H-pyrrole nitrogens is 1. The second kappa shape index (κ2) is 8.03. The Morgan fingerprint density at radius 2 is 1.93 bits per heavy atom. The monoisotopic (exact) mass is 422 g/mol. The fourth-order valence-corrected chi connectivity index (χ4v) is 3.36. The van der Waals surface area contributed by atoms with Crippen LogP contribution in [-0.4, -0.2) is 30.5 Å². The van der Waals surface area contributed by atoms with E-state index in [1.165, 1.54) is 12.1 Å². The van der Waals surface area contributed by atoms with E-state index in [0.717, 1.165) is 16.8 Å². The molecule has 0 saturated carbocycles. The molecule has 0 unspecified atom stereocenters. The summed E-state index contributed by atoms with van der Waals surface area (Å²) in [5.74, 6) is 0.439. The number of hydrogen-bond acceptors (Lipinski definition) is 4. The third-order valence-corrected chi connectivity index (χ3v) is 4.82. The van der Waals surface area contributed by atoms with Crippen molar-refractivity contribution in [1.29, 1.82) is 0 Å². The standard InChI is InChI=1S/C21H19FN6OS/c1-13-4-3-5-15(10-13)20-24-25-21(30)27(20)12-19(29)23-18-11-14(2)26-28(18)17-8-6-16(22)7-9-17/h3-11H,12H2,1-2H3,(H,23,29)(H,25,30). The zero-order valence-corrected chi connectivity index (χ0v) is 17.2. The van der Waals surface area contributed by atoms with E-state index in [2.05, 4.69) is 20.6 Å². The van der Waals surface area contributed by atoms with Crippen LogP contribution in [0.15, 0.2) is 54.6 Å². The molecule has 7 nitrogen and oxygen atoms in total. The maximum absolute atomic E-state index is 13.2. The smallest absolute Gasteiger partial charge is 0.245 e. The number of halogens is 1. The van der Waals surface area contributed by atoms with Crippen LogP contribution in [0.3, 0.4) is 0 Å². The van der Waals surface area contributed by atoms with E-state index in [4.69, 9.17) is 12.2 Å². The molecule has 9 heteroatoms. The molecule has 0 spiro atoms. The second-order valence-corrected chi connectivity index (χ2v) is 7.30. The normalized spacial score (nSPS) is 10.9. The van der Waals surface area contributed by atoms with Gasteiger partial charge in [-0.25, -0.2) is 9.07 Å². The van der Waals surface area contributed by atoms with Gasteiger partial charge in [0.15, 0.2) is 10.6 Å². The summed E-state index contributed by atoms with van der Waals surface area (Å²) in [5, 5.41) is 14.3. The SMILES string of the molecule is Cc1cccc(-c2n[nH]c(=S)n2CC(=O)Nc2cc(C)nn2-c2ccc(F)cc2)c1. The first kappa shape index (κ1) is 19.7. The van der Waals surface area contributed by atoms with Crippen LogP contribution in [0.5, 0.6) is 0 Å². The molecule has 0 aliphatic carbocycles. The lowest BCUT2D eigenvalue weighted by molar-refractivity contribution is -0.116. The van der Waals surface area contributed by atoms with Gasteiger partial charge in [0, 0.05) is 11.6 Å². The topological polar surface area (TPSA) is 80.5 Å². The molecule has 1 amide bonds. The summed E-state index contributed by atoms with van der Waals surface area (Å²) in [4.78, 5) is 12.8. The van der Waals surface area contributed by atoms with Gasteiger partial charge in [-0.3, -0.25) is 14.5 Å². The number of nitrogens with one attached hydrogen (secondary N) is 2. The highest BCUT2D eigenvalue weighted by Crippen LogP contribution is 2.20. The number of carbonyl (C=O) groups is 1. The van der Waals surface area contributed by atoms with Gasteiger partial charge >= 0.3 is 0 Å². The number of anilines is 1. The number of aromatic nitrogens is 5. The number of hydrogen-bond donors (Lipinski definition) is 2. The molecular weight excluding hydrogens is 403 g/mol. The molecule has 2 N–H and O–H groups in total. The van der Waals surface area contributed by atoms with Gasteiger partial charge in [-0.1, -0.05) is 23.8 Å². The van der Waals surface area contributed by atoms with Crippen molar-refractivity contribution in [2.45, 2.75) is 20.4 Å². The van der Waals surface area contributed by atoms with Crippen molar-refractivity contribution in [2.24, 2.45) is 0 Å². The number of carbonyl (C=O) groups excluding carboxylic acids is 1. The molecule has 0 atom stereocenters. The van der Waals surface area contributed by atoms with Crippen LogP contribution in [0.1, 0.15) is 11.3 Å². The van der Waals surface area contributed by atoms with Crippen LogP contribution < -0.4 is 5.32 Å². The van der Waals surface area contributed by atoms with E-state index in [9.17, 15) is 9.18 Å². The van der Waals surface area contributed by atoms with Gasteiger partial charge in [0.2, 0.25) is 5.91 Å². The minimum Gasteiger partial charge on any atom is -0.309 e. The number of aromatic amines is 1. The molecule has 0 bridgehead atoms. The Labute approximate surface area is 177 Å². The summed E-state index contributed by atoms with van der Waals surface area (Å²) in [6.07, 6.45) is 0. The molecule has 30 heavy (non-hydrogen) atoms. The van der Waals surface area contributed by atoms with E-state index >= 15 is 0 Å². The summed E-state index contributed by atoms with van der Waals surface area (Å²) in [6, 6.07) is 15.4. The van der Waals surface area contributed by atoms with E-state index in [1.54, 1.807) is 27.4 Å². The Hall–Kier alpha value is -3.59. The summed E-state index contributed by atoms with van der Waals surface area (Å²) in [5.41, 5.74) is 3.30. The molecule has 2 heterocycles. The van der Waals surface area contributed by atoms with Crippen LogP contribution >= 0.6 is 12.2 Å². The van der Waals surface area contributed by atoms with Crippen molar-refractivity contribution >= 4 is 23.9 Å². The van der Waals surface area contributed by atoms with Crippen LogP contribution in [0.4, 0.5) is 10.2 Å². The minimum absolute atomic E-state index is 0.0216. The zero-order valence-electron chi connectivity index (χ0n) is 16.4. The number of rotatable bonds is 5. The van der Waals surface area contributed by atoms with Gasteiger partial charge in [0.05, 0.1) is 11.4 Å². The number of amides is 1. The van der Waals surface area contributed by atoms with Crippen LogP contribution in [0.25, 0.3) is 17.1 Å². The largest absolute Gasteiger partial charge is 0.309 e. The van der Waals surface area contributed by atoms with Crippen molar-refractivity contribution in [3.05, 3.63) is 76.4 Å². The van der Waals surface area contributed by atoms with Gasteiger partial charge in [-0.05, 0) is 56.4 Å². The Morgan fingerprint density at radius 3 is 2.67 bits per heavy atom. The van der Waals surface area contributed by atoms with Crippen molar-refractivity contribution in [3.8, 4) is 17.1 Å². The maximum Gasteiger partial charge on any atom is 0.245 e. The Morgan fingerprint density at radius 1 is 1.17 bits per heavy atom. The van der Waals surface area contributed by atoms with Crippen molar-refractivity contribution in [3.63, 3.8) is 0 Å². The molecule has 4 aromatic rings. The molecule has 2 aromatic heterocycles. The zero-order chi connectivity index (χ0) is 21.3. The average Bonchev–Trinajstić information content (AvgIpc) is 3.25. The number of nitrogens with zero attached hydrogens (tertiary/aromatic N) is 4. The van der Waals surface area contributed by atoms with Gasteiger partial charge in [-0.15, -0.1) is 0 Å². The first-order chi connectivity index (χ1) is 14.4. The first-order valence-electron chi connectivity index (χ1n) is 9.25. The fraction of sp³-hybridized carbons (Fsp3) is 0.143. The second-order valence-electron chi connectivity index (χ2n) is 6.92. The lowest BCUT2D eigenvalue weighted by Crippen LogP contribution is -2.21. The highest BCUT2D eigenvalue weighted by atomic mass is 32.1. The summed E-state index contributed by atoms with van der Waals surface area (Å²) < 4.78 is 16.8. The molecule has 2 aromatic carbocycles. The lowest BCUT2D eigenvalue weighted by Gasteiger charge is -2.10. The maximum atomic E-state index is 13.2. The number of aryl methyl sites for hydroxylation is 2. The third kappa shape index (κ3) is 4.06. The van der Waals surface area contributed by atoms with Gasteiger partial charge in [-0.2, -0.15) is 10.2 Å². The summed E-state index contributed by atoms with van der Waals surface area (Å²) >= 11 is 5.32. The first-order valence-corrected chi connectivity index (χ1v) is 9.66. The van der Waals surface area contributed by atoms with Gasteiger partial charge in [0.1, 0.15) is 18.2 Å². The van der Waals surface area contributed by atoms with Crippen molar-refractivity contribution < 1.29 is 9.18 Å². The summed E-state index contributed by atoms with van der Waals surface area (Å²) in [7, 11) is 0. The number of benzene rings is 2. The Bertz CT molecular complexity index is 1270. The van der Waals surface area contributed by atoms with Crippen molar-refractivity contribution in [1.82, 2.24) is 24.5 Å². The van der Waals surface area contributed by atoms with E-state index in [-0.39, 0.29) is 18.3 Å². The van der Waals surface area contributed by atoms with Crippen LogP contribution in [0, 0.1) is 24.4 Å². The van der Waals surface area contributed by atoms with E-state index in [0.29, 0.717) is 22.1 Å². The highest BCUT2D eigenvalue weighted by Gasteiger charge is 2.15. The highest BCUT2D eigenvalue weighted by molar-refractivity contribution is 7.71. The molecule has 0 fully saturated rings.